The molecule has 0 saturated carbocycles. The number of allylic oxidation sites excluding steroid dienone is 8. The fraction of sp³-hybridized carbons (Fsp3) is 0.0667. The van der Waals surface area contributed by atoms with Crippen molar-refractivity contribution in [2.75, 3.05) is 0 Å². The predicted octanol–water partition coefficient (Wildman–Crippen LogP) is 9.10. The fourth-order valence-corrected chi connectivity index (χ4v) is 3.80. The molecule has 0 aliphatic heterocycles. The van der Waals surface area contributed by atoms with Crippen LogP contribution in [0.25, 0.3) is 0 Å². The van der Waals surface area contributed by atoms with Crippen LogP contribution in [-0.4, -0.2) is 10.2 Å². The zero-order chi connectivity index (χ0) is 25.3. The normalized spacial score (nSPS) is 11.7. The van der Waals surface area contributed by atoms with E-state index in [1.165, 1.54) is 22.7 Å². The van der Waals surface area contributed by atoms with Crippen molar-refractivity contribution in [2.45, 2.75) is 12.8 Å². The third-order valence-electron chi connectivity index (χ3n) is 4.31. The van der Waals surface area contributed by atoms with Gasteiger partial charge in [0, 0.05) is 0 Å². The van der Waals surface area contributed by atoms with Gasteiger partial charge in [-0.15, -0.1) is 35.5 Å². The molecule has 0 fully saturated rings. The first-order valence-electron chi connectivity index (χ1n) is 11.1. The van der Waals surface area contributed by atoms with Gasteiger partial charge in [0.1, 0.15) is 0 Å². The molecule has 0 amide bonds. The standard InChI is InChI=1S/2C10H8O2S.2C5H5.Zr/c2*11-8-4-1-2-5-9(8)12-10-6-3-7-13-10;2*1-2-4-5-3-1;/h2*1-7,11H;2*1-3H,4H2;/q;;2*-1;+2. The smallest absolute Gasteiger partial charge is 0.504 e. The van der Waals surface area contributed by atoms with Crippen LogP contribution in [0.5, 0.6) is 33.1 Å². The number of aromatic hydroxyl groups is 2. The minimum atomic E-state index is 0. The van der Waals surface area contributed by atoms with Gasteiger partial charge in [-0.25, -0.2) is 24.3 Å². The van der Waals surface area contributed by atoms with Crippen LogP contribution in [0.3, 0.4) is 0 Å². The summed E-state index contributed by atoms with van der Waals surface area (Å²) < 4.78 is 10.8. The predicted molar refractivity (Wildman–Crippen MR) is 148 cm³/mol. The molecule has 0 radical (unpaired) electrons. The van der Waals surface area contributed by atoms with Gasteiger partial charge in [0.05, 0.1) is 0 Å². The van der Waals surface area contributed by atoms with Crippen molar-refractivity contribution in [1.82, 2.24) is 0 Å². The molecule has 7 heteroatoms. The van der Waals surface area contributed by atoms with Crippen molar-refractivity contribution in [1.29, 1.82) is 0 Å². The molecule has 2 heterocycles. The van der Waals surface area contributed by atoms with E-state index < -0.39 is 0 Å². The van der Waals surface area contributed by atoms with Crippen molar-refractivity contribution in [3.05, 3.63) is 132 Å². The first-order chi connectivity index (χ1) is 17.7. The first-order valence-corrected chi connectivity index (χ1v) is 12.9. The Morgan fingerprint density at radius 2 is 1.03 bits per heavy atom. The summed E-state index contributed by atoms with van der Waals surface area (Å²) in [5.41, 5.74) is 0. The summed E-state index contributed by atoms with van der Waals surface area (Å²) >= 11 is 2.99. The third-order valence-corrected chi connectivity index (χ3v) is 5.80. The number of hydrogen-bond donors (Lipinski definition) is 2. The van der Waals surface area contributed by atoms with Crippen molar-refractivity contribution < 1.29 is 45.9 Å². The molecule has 0 spiro atoms. The SMILES string of the molecule is Oc1ccccc1Oc1cccs1.Oc1ccccc1Oc1cccs1.[C-]1=CC=CC1.[C-]1=CC=CC1.[Zr+2]. The molecule has 2 aromatic heterocycles. The molecule has 0 saturated heterocycles. The molecule has 2 N–H and O–H groups in total. The summed E-state index contributed by atoms with van der Waals surface area (Å²) in [5.74, 6) is 1.31. The van der Waals surface area contributed by atoms with Crippen molar-refractivity contribution in [3.8, 4) is 33.1 Å². The van der Waals surface area contributed by atoms with E-state index in [2.05, 4.69) is 24.3 Å². The van der Waals surface area contributed by atoms with E-state index in [9.17, 15) is 10.2 Å². The van der Waals surface area contributed by atoms with Crippen molar-refractivity contribution in [2.24, 2.45) is 0 Å². The number of benzene rings is 2. The number of para-hydroxylation sites is 4. The number of phenolic OH excluding ortho intramolecular Hbond substituents is 2. The molecule has 6 rings (SSSR count). The zero-order valence-electron chi connectivity index (χ0n) is 20.0. The third kappa shape index (κ3) is 12.1. The molecule has 0 bridgehead atoms. The molecule has 0 atom stereocenters. The van der Waals surface area contributed by atoms with Crippen LogP contribution in [0.4, 0.5) is 0 Å². The summed E-state index contributed by atoms with van der Waals surface area (Å²) in [5, 5.41) is 24.2. The van der Waals surface area contributed by atoms with Crippen LogP contribution in [0.15, 0.2) is 120 Å². The van der Waals surface area contributed by atoms with Gasteiger partial charge in [0.2, 0.25) is 0 Å². The summed E-state index contributed by atoms with van der Waals surface area (Å²) in [6.45, 7) is 0. The molecule has 0 unspecified atom stereocenters. The van der Waals surface area contributed by atoms with Gasteiger partial charge in [-0.2, -0.15) is 12.2 Å². The van der Waals surface area contributed by atoms with Gasteiger partial charge >= 0.3 is 26.2 Å². The van der Waals surface area contributed by atoms with Gasteiger partial charge in [0.25, 0.3) is 0 Å². The molecule has 4 nitrogen and oxygen atoms in total. The average molecular weight is 606 g/mol. The maximum atomic E-state index is 9.39. The van der Waals surface area contributed by atoms with Crippen LogP contribution < -0.4 is 9.47 Å². The fourth-order valence-electron chi connectivity index (χ4n) is 2.63. The Hall–Kier alpha value is -3.12. The van der Waals surface area contributed by atoms with E-state index in [1.807, 2.05) is 71.5 Å². The molecular weight excluding hydrogens is 580 g/mol. The topological polar surface area (TPSA) is 58.9 Å². The average Bonchev–Trinajstić information content (AvgIpc) is 3.74. The van der Waals surface area contributed by atoms with Gasteiger partial charge in [-0.1, -0.05) is 24.3 Å². The van der Waals surface area contributed by atoms with Crippen LogP contribution >= 0.6 is 22.7 Å². The van der Waals surface area contributed by atoms with Crippen molar-refractivity contribution in [3.63, 3.8) is 0 Å². The Balaban J connectivity index is 0.000000187. The molecule has 2 aromatic carbocycles. The number of phenols is 2. The second kappa shape index (κ2) is 18.2. The van der Waals surface area contributed by atoms with Crippen LogP contribution in [0.1, 0.15) is 12.8 Å². The molecular formula is C30H26O4S2Zr. The van der Waals surface area contributed by atoms with Gasteiger partial charge in [-0.3, -0.25) is 12.2 Å². The summed E-state index contributed by atoms with van der Waals surface area (Å²) in [7, 11) is 0. The van der Waals surface area contributed by atoms with E-state index in [1.54, 1.807) is 36.4 Å². The van der Waals surface area contributed by atoms with E-state index >= 15 is 0 Å². The largest absolute Gasteiger partial charge is 2.00 e. The minimum absolute atomic E-state index is 0. The van der Waals surface area contributed by atoms with E-state index in [4.69, 9.17) is 9.47 Å². The second-order valence-electron chi connectivity index (χ2n) is 7.01. The van der Waals surface area contributed by atoms with Crippen LogP contribution in [0, 0.1) is 12.2 Å². The number of hydrogen-bond acceptors (Lipinski definition) is 6. The first kappa shape index (κ1) is 30.1. The Kier molecular flexibility index (Phi) is 14.8. The van der Waals surface area contributed by atoms with Crippen LogP contribution in [0.2, 0.25) is 0 Å². The Morgan fingerprint density at radius 3 is 1.30 bits per heavy atom. The Bertz CT molecular complexity index is 1140. The maximum absolute atomic E-state index is 9.39. The number of rotatable bonds is 4. The molecule has 186 valence electrons. The van der Waals surface area contributed by atoms with E-state index in [0.29, 0.717) is 11.5 Å². The Morgan fingerprint density at radius 1 is 0.595 bits per heavy atom. The number of thiophene rings is 2. The quantitative estimate of drug-likeness (QED) is 0.228. The van der Waals surface area contributed by atoms with Crippen LogP contribution in [-0.2, 0) is 26.2 Å². The molecule has 2 aliphatic carbocycles. The van der Waals surface area contributed by atoms with Gasteiger partial charge in [0.15, 0.2) is 33.1 Å². The molecule has 2 aliphatic rings. The van der Waals surface area contributed by atoms with Crippen molar-refractivity contribution >= 4 is 22.7 Å². The summed E-state index contributed by atoms with van der Waals surface area (Å²) in [4.78, 5) is 0. The van der Waals surface area contributed by atoms with Gasteiger partial charge < -0.3 is 19.7 Å². The Labute approximate surface area is 245 Å². The monoisotopic (exact) mass is 604 g/mol. The summed E-state index contributed by atoms with van der Waals surface area (Å²) in [6.07, 6.45) is 20.0. The maximum Gasteiger partial charge on any atom is 2.00 e. The van der Waals surface area contributed by atoms with Gasteiger partial charge in [-0.05, 0) is 59.3 Å². The van der Waals surface area contributed by atoms with E-state index in [0.717, 1.165) is 23.0 Å². The summed E-state index contributed by atoms with van der Waals surface area (Å²) in [6, 6.07) is 21.3. The molecule has 4 aromatic rings. The van der Waals surface area contributed by atoms with E-state index in [-0.39, 0.29) is 37.7 Å². The minimum Gasteiger partial charge on any atom is -0.504 e. The number of ether oxygens (including phenoxy) is 2. The zero-order valence-corrected chi connectivity index (χ0v) is 24.1. The molecule has 37 heavy (non-hydrogen) atoms. The second-order valence-corrected chi connectivity index (χ2v) is 8.83.